The summed E-state index contributed by atoms with van der Waals surface area (Å²) in [5.41, 5.74) is 4.80. The number of primary amides is 1. The Hall–Kier alpha value is -1.50. The number of nitrogens with two attached hydrogens (primary N) is 1. The van der Waals surface area contributed by atoms with Crippen molar-refractivity contribution in [2.24, 2.45) is 5.73 Å². The van der Waals surface area contributed by atoms with E-state index in [9.17, 15) is 4.79 Å². The fourth-order valence-electron chi connectivity index (χ4n) is 0.878. The number of nitrogens with zero attached hydrogens (tertiary/aromatic N) is 2. The van der Waals surface area contributed by atoms with Crippen LogP contribution in [0.5, 0.6) is 0 Å². The standard InChI is InChI=1S/C8H12N4O2S/c1-15-7-4-6(11-5-12-7)10-2-3-14-8(9)13/h4-5H,2-3H2,1H3,(H2,9,13)(H,10,11,12). The molecule has 0 aliphatic heterocycles. The summed E-state index contributed by atoms with van der Waals surface area (Å²) in [4.78, 5) is 18.3. The van der Waals surface area contributed by atoms with Crippen LogP contribution in [0, 0.1) is 0 Å². The highest BCUT2D eigenvalue weighted by molar-refractivity contribution is 7.98. The maximum atomic E-state index is 10.3. The van der Waals surface area contributed by atoms with Gasteiger partial charge in [0.1, 0.15) is 23.8 Å². The molecule has 0 aromatic carbocycles. The van der Waals surface area contributed by atoms with Crippen LogP contribution in [0.2, 0.25) is 0 Å². The predicted octanol–water partition coefficient (Wildman–Crippen LogP) is 0.706. The summed E-state index contributed by atoms with van der Waals surface area (Å²) in [6, 6.07) is 1.81. The number of anilines is 1. The number of carbonyl (C=O) groups is 1. The lowest BCUT2D eigenvalue weighted by molar-refractivity contribution is 0.161. The van der Waals surface area contributed by atoms with Crippen molar-refractivity contribution in [2.45, 2.75) is 5.03 Å². The first-order chi connectivity index (χ1) is 7.22. The van der Waals surface area contributed by atoms with E-state index in [4.69, 9.17) is 5.73 Å². The van der Waals surface area contributed by atoms with E-state index in [2.05, 4.69) is 20.0 Å². The third-order valence-electron chi connectivity index (χ3n) is 1.50. The Morgan fingerprint density at radius 1 is 1.67 bits per heavy atom. The first-order valence-corrected chi connectivity index (χ1v) is 5.47. The third-order valence-corrected chi connectivity index (χ3v) is 2.15. The monoisotopic (exact) mass is 228 g/mol. The predicted molar refractivity (Wildman–Crippen MR) is 57.8 cm³/mol. The average molecular weight is 228 g/mol. The summed E-state index contributed by atoms with van der Waals surface area (Å²) in [6.45, 7) is 0.682. The highest BCUT2D eigenvalue weighted by Gasteiger charge is 1.97. The van der Waals surface area contributed by atoms with Gasteiger partial charge < -0.3 is 15.8 Å². The van der Waals surface area contributed by atoms with E-state index in [0.29, 0.717) is 12.4 Å². The molecule has 15 heavy (non-hydrogen) atoms. The first kappa shape index (κ1) is 11.6. The minimum Gasteiger partial charge on any atom is -0.448 e. The van der Waals surface area contributed by atoms with Crippen molar-refractivity contribution in [3.63, 3.8) is 0 Å². The maximum Gasteiger partial charge on any atom is 0.404 e. The lowest BCUT2D eigenvalue weighted by Gasteiger charge is -2.05. The molecule has 1 amide bonds. The Morgan fingerprint density at radius 3 is 3.13 bits per heavy atom. The van der Waals surface area contributed by atoms with Gasteiger partial charge in [0.2, 0.25) is 0 Å². The second-order valence-electron chi connectivity index (χ2n) is 2.54. The van der Waals surface area contributed by atoms with E-state index in [0.717, 1.165) is 5.03 Å². The molecular formula is C8H12N4O2S. The van der Waals surface area contributed by atoms with Gasteiger partial charge in [-0.05, 0) is 6.26 Å². The van der Waals surface area contributed by atoms with Crippen molar-refractivity contribution >= 4 is 23.7 Å². The molecule has 1 rings (SSSR count). The molecule has 0 radical (unpaired) electrons. The minimum atomic E-state index is -0.774. The molecule has 0 spiro atoms. The zero-order valence-electron chi connectivity index (χ0n) is 8.27. The van der Waals surface area contributed by atoms with Gasteiger partial charge in [-0.3, -0.25) is 0 Å². The Labute approximate surface area is 91.6 Å². The largest absolute Gasteiger partial charge is 0.448 e. The molecule has 1 aromatic heterocycles. The van der Waals surface area contributed by atoms with Gasteiger partial charge in [-0.1, -0.05) is 0 Å². The van der Waals surface area contributed by atoms with Crippen molar-refractivity contribution in [2.75, 3.05) is 24.7 Å². The normalized spacial score (nSPS) is 9.67. The number of thioether (sulfide) groups is 1. The van der Waals surface area contributed by atoms with Crippen LogP contribution in [0.3, 0.4) is 0 Å². The van der Waals surface area contributed by atoms with Crippen LogP contribution in [-0.4, -0.2) is 35.5 Å². The van der Waals surface area contributed by atoms with Gasteiger partial charge in [-0.15, -0.1) is 11.8 Å². The van der Waals surface area contributed by atoms with Gasteiger partial charge in [0.05, 0.1) is 6.54 Å². The van der Waals surface area contributed by atoms with E-state index < -0.39 is 6.09 Å². The molecule has 0 fully saturated rings. The average Bonchev–Trinajstić information content (AvgIpc) is 2.24. The number of rotatable bonds is 5. The minimum absolute atomic E-state index is 0.216. The lowest BCUT2D eigenvalue weighted by Crippen LogP contribution is -2.18. The summed E-state index contributed by atoms with van der Waals surface area (Å²) >= 11 is 1.53. The highest BCUT2D eigenvalue weighted by Crippen LogP contribution is 2.13. The molecule has 1 aromatic rings. The summed E-state index contributed by atoms with van der Waals surface area (Å²) < 4.78 is 4.55. The smallest absolute Gasteiger partial charge is 0.404 e. The molecule has 0 atom stereocenters. The summed E-state index contributed by atoms with van der Waals surface area (Å²) in [5.74, 6) is 0.697. The quantitative estimate of drug-likeness (QED) is 0.438. The summed E-state index contributed by atoms with van der Waals surface area (Å²) in [7, 11) is 0. The van der Waals surface area contributed by atoms with Crippen molar-refractivity contribution in [1.29, 1.82) is 0 Å². The van der Waals surface area contributed by atoms with Gasteiger partial charge in [0.25, 0.3) is 0 Å². The second-order valence-corrected chi connectivity index (χ2v) is 3.37. The van der Waals surface area contributed by atoms with Crippen molar-refractivity contribution in [1.82, 2.24) is 9.97 Å². The molecule has 6 nitrogen and oxygen atoms in total. The highest BCUT2D eigenvalue weighted by atomic mass is 32.2. The number of hydrogen-bond acceptors (Lipinski definition) is 6. The van der Waals surface area contributed by atoms with Gasteiger partial charge in [-0.2, -0.15) is 0 Å². The van der Waals surface area contributed by atoms with E-state index in [1.807, 2.05) is 12.3 Å². The molecular weight excluding hydrogens is 216 g/mol. The Bertz CT molecular complexity index is 334. The van der Waals surface area contributed by atoms with Crippen LogP contribution in [-0.2, 0) is 4.74 Å². The van der Waals surface area contributed by atoms with E-state index in [1.54, 1.807) is 0 Å². The van der Waals surface area contributed by atoms with Crippen LogP contribution < -0.4 is 11.1 Å². The van der Waals surface area contributed by atoms with Crippen LogP contribution in [0.25, 0.3) is 0 Å². The fourth-order valence-corrected chi connectivity index (χ4v) is 1.26. The second kappa shape index (κ2) is 6.07. The molecule has 3 N–H and O–H groups in total. The molecule has 0 unspecified atom stereocenters. The van der Waals surface area contributed by atoms with E-state index >= 15 is 0 Å². The summed E-state index contributed by atoms with van der Waals surface area (Å²) in [5, 5.41) is 3.86. The van der Waals surface area contributed by atoms with Crippen LogP contribution in [0.1, 0.15) is 0 Å². The first-order valence-electron chi connectivity index (χ1n) is 4.24. The van der Waals surface area contributed by atoms with Crippen LogP contribution in [0.4, 0.5) is 10.6 Å². The van der Waals surface area contributed by atoms with Crippen molar-refractivity contribution in [3.05, 3.63) is 12.4 Å². The number of aromatic nitrogens is 2. The molecule has 7 heteroatoms. The molecule has 1 heterocycles. The molecule has 82 valence electrons. The van der Waals surface area contributed by atoms with Crippen molar-refractivity contribution < 1.29 is 9.53 Å². The molecule has 0 aliphatic carbocycles. The van der Waals surface area contributed by atoms with Crippen LogP contribution >= 0.6 is 11.8 Å². The fraction of sp³-hybridized carbons (Fsp3) is 0.375. The topological polar surface area (TPSA) is 90.1 Å². The Kier molecular flexibility index (Phi) is 4.69. The molecule has 0 saturated heterocycles. The van der Waals surface area contributed by atoms with Gasteiger partial charge in [0, 0.05) is 6.07 Å². The number of carbonyl (C=O) groups excluding carboxylic acids is 1. The molecule has 0 saturated carbocycles. The van der Waals surface area contributed by atoms with Gasteiger partial charge in [0.15, 0.2) is 0 Å². The number of nitrogens with one attached hydrogen (secondary N) is 1. The number of amides is 1. The zero-order valence-corrected chi connectivity index (χ0v) is 9.08. The summed E-state index contributed by atoms with van der Waals surface area (Å²) in [6.07, 6.45) is 2.63. The van der Waals surface area contributed by atoms with E-state index in [1.165, 1.54) is 18.1 Å². The SMILES string of the molecule is CSc1cc(NCCOC(N)=O)ncn1. The lowest BCUT2D eigenvalue weighted by atomic mass is 10.5. The van der Waals surface area contributed by atoms with Crippen molar-refractivity contribution in [3.8, 4) is 0 Å². The Morgan fingerprint density at radius 2 is 2.47 bits per heavy atom. The third kappa shape index (κ3) is 4.50. The Balaban J connectivity index is 2.33. The molecule has 0 aliphatic rings. The van der Waals surface area contributed by atoms with Gasteiger partial charge in [-0.25, -0.2) is 14.8 Å². The zero-order chi connectivity index (χ0) is 11.1. The molecule has 0 bridgehead atoms. The van der Waals surface area contributed by atoms with Gasteiger partial charge >= 0.3 is 6.09 Å². The van der Waals surface area contributed by atoms with E-state index in [-0.39, 0.29) is 6.61 Å². The maximum absolute atomic E-state index is 10.3. The van der Waals surface area contributed by atoms with Crippen LogP contribution in [0.15, 0.2) is 17.4 Å². The number of hydrogen-bond donors (Lipinski definition) is 2. The number of ether oxygens (including phenoxy) is 1.